The molecular formula is C58H44ClN9O4. The number of halogens is 1. The summed E-state index contributed by atoms with van der Waals surface area (Å²) >= 11 is 6.21. The molecule has 0 aliphatic carbocycles. The lowest BCUT2D eigenvalue weighted by Crippen LogP contribution is -1.98. The third-order valence-electron chi connectivity index (χ3n) is 10.8. The van der Waals surface area contributed by atoms with Crippen molar-refractivity contribution < 1.29 is 18.9 Å². The molecule has 3 heterocycles. The van der Waals surface area contributed by atoms with Gasteiger partial charge in [-0.25, -0.2) is 15.0 Å². The molecule has 0 aliphatic rings. The number of nitriles is 3. The summed E-state index contributed by atoms with van der Waals surface area (Å²) in [6.07, 6.45) is 16.2. The molecule has 0 atom stereocenters. The Morgan fingerprint density at radius 3 is 1.33 bits per heavy atom. The average molecular weight is 967 g/mol. The molecule has 0 saturated carbocycles. The lowest BCUT2D eigenvalue weighted by atomic mass is 10.0. The number of aromatic nitrogens is 6. The van der Waals surface area contributed by atoms with E-state index in [1.807, 2.05) is 154 Å². The quantitative estimate of drug-likeness (QED) is 0.103. The van der Waals surface area contributed by atoms with Crippen molar-refractivity contribution in [2.45, 2.75) is 19.6 Å². The Morgan fingerprint density at radius 1 is 0.444 bits per heavy atom. The fraction of sp³-hybridized carbons (Fsp3) is 0.0690. The predicted molar refractivity (Wildman–Crippen MR) is 274 cm³/mol. The van der Waals surface area contributed by atoms with Crippen LogP contribution in [0.4, 0.5) is 0 Å². The molecule has 0 amide bonds. The average Bonchev–Trinajstić information content (AvgIpc) is 4.25. The first-order valence-electron chi connectivity index (χ1n) is 22.4. The molecule has 10 aromatic rings. The van der Waals surface area contributed by atoms with E-state index in [-0.39, 0.29) is 0 Å². The summed E-state index contributed by atoms with van der Waals surface area (Å²) in [6.45, 7) is 2.00. The van der Waals surface area contributed by atoms with Crippen molar-refractivity contribution in [1.82, 2.24) is 28.7 Å². The predicted octanol–water partition coefficient (Wildman–Crippen LogP) is 13.1. The molecule has 72 heavy (non-hydrogen) atoms. The van der Waals surface area contributed by atoms with Crippen LogP contribution in [0.1, 0.15) is 33.4 Å². The number of para-hydroxylation sites is 2. The van der Waals surface area contributed by atoms with Crippen LogP contribution in [-0.4, -0.2) is 35.8 Å². The van der Waals surface area contributed by atoms with Crippen molar-refractivity contribution in [2.24, 2.45) is 0 Å². The summed E-state index contributed by atoms with van der Waals surface area (Å²) in [5.41, 5.74) is 6.61. The highest BCUT2D eigenvalue weighted by molar-refractivity contribution is 6.32. The SMILES string of the molecule is COc1ccc(Oc2cc(Cn3ccnc3)ccc2C#N)c(Cl)c1.N#Cc1ccc(Cn2ccnc2)cc1Oc1ccccc1.N#Cc1ccc(Cn2ccnc2)cc1Oc1ccccc1-c1ccccc1. The third-order valence-corrected chi connectivity index (χ3v) is 11.1. The molecule has 0 aliphatic heterocycles. The van der Waals surface area contributed by atoms with E-state index in [4.69, 9.17) is 30.5 Å². The number of hydrogen-bond acceptors (Lipinski definition) is 10. The largest absolute Gasteiger partial charge is 0.497 e. The Morgan fingerprint density at radius 2 is 0.889 bits per heavy atom. The summed E-state index contributed by atoms with van der Waals surface area (Å²) in [5, 5.41) is 28.4. The first-order chi connectivity index (χ1) is 35.4. The summed E-state index contributed by atoms with van der Waals surface area (Å²) < 4.78 is 28.9. The normalized spacial score (nSPS) is 10.2. The molecule has 0 bridgehead atoms. The Kier molecular flexibility index (Phi) is 16.5. The Labute approximate surface area is 421 Å². The molecule has 7 aromatic carbocycles. The zero-order chi connectivity index (χ0) is 49.9. The molecule has 14 heteroatoms. The molecule has 0 saturated heterocycles. The molecule has 13 nitrogen and oxygen atoms in total. The minimum atomic E-state index is 0.415. The van der Waals surface area contributed by atoms with E-state index >= 15 is 0 Å². The molecule has 0 radical (unpaired) electrons. The Hall–Kier alpha value is -9.87. The highest BCUT2D eigenvalue weighted by Gasteiger charge is 2.13. The number of benzene rings is 7. The molecule has 0 spiro atoms. The van der Waals surface area contributed by atoms with Crippen LogP contribution in [-0.2, 0) is 19.6 Å². The number of rotatable bonds is 14. The van der Waals surface area contributed by atoms with Gasteiger partial charge < -0.3 is 32.6 Å². The van der Waals surface area contributed by atoms with Crippen molar-refractivity contribution in [2.75, 3.05) is 7.11 Å². The number of ether oxygens (including phenoxy) is 4. The molecule has 0 fully saturated rings. The summed E-state index contributed by atoms with van der Waals surface area (Å²) in [5.74, 6) is 4.13. The van der Waals surface area contributed by atoms with E-state index < -0.39 is 0 Å². The molecule has 352 valence electrons. The van der Waals surface area contributed by atoms with Crippen LogP contribution in [0.5, 0.6) is 40.2 Å². The number of methoxy groups -OCH3 is 1. The molecular weight excluding hydrogens is 922 g/mol. The van der Waals surface area contributed by atoms with Crippen LogP contribution in [0.2, 0.25) is 5.02 Å². The molecule has 3 aromatic heterocycles. The second-order valence-electron chi connectivity index (χ2n) is 15.8. The van der Waals surface area contributed by atoms with Gasteiger partial charge in [-0.2, -0.15) is 15.8 Å². The van der Waals surface area contributed by atoms with E-state index in [1.165, 1.54) is 0 Å². The van der Waals surface area contributed by atoms with Crippen molar-refractivity contribution in [1.29, 1.82) is 15.8 Å². The van der Waals surface area contributed by atoms with Gasteiger partial charge in [-0.05, 0) is 89.0 Å². The maximum Gasteiger partial charge on any atom is 0.146 e. The van der Waals surface area contributed by atoms with Gasteiger partial charge in [-0.15, -0.1) is 0 Å². The molecule has 0 unspecified atom stereocenters. The van der Waals surface area contributed by atoms with Gasteiger partial charge >= 0.3 is 0 Å². The first-order valence-corrected chi connectivity index (χ1v) is 22.8. The van der Waals surface area contributed by atoms with Crippen LogP contribution < -0.4 is 18.9 Å². The van der Waals surface area contributed by atoms with Crippen molar-refractivity contribution in [3.63, 3.8) is 0 Å². The first kappa shape index (κ1) is 48.6. The second-order valence-corrected chi connectivity index (χ2v) is 16.2. The number of imidazole rings is 3. The summed E-state index contributed by atoms with van der Waals surface area (Å²) in [4.78, 5) is 12.1. The van der Waals surface area contributed by atoms with E-state index in [9.17, 15) is 15.8 Å². The van der Waals surface area contributed by atoms with Crippen LogP contribution >= 0.6 is 11.6 Å². The van der Waals surface area contributed by atoms with Gasteiger partial charge in [0.2, 0.25) is 0 Å². The standard InChI is InChI=1S/C23H17N3O.C18H14ClN3O2.C17H13N3O/c24-15-20-11-10-18(16-26-13-12-25-17-26)14-23(20)27-22-9-5-4-8-21(22)19-6-2-1-3-7-19;1-23-15-4-5-17(16(19)9-15)24-18-8-13(2-3-14(18)10-20)11-22-7-6-21-12-22;18-11-15-7-6-14(12-20-9-8-19-13-20)10-17(15)21-16-4-2-1-3-5-16/h1-14,17H,16H2;2-9,12H,11H2,1H3;1-10,13H,12H2. The lowest BCUT2D eigenvalue weighted by Gasteiger charge is -2.13. The van der Waals surface area contributed by atoms with Crippen LogP contribution in [0.15, 0.2) is 214 Å². The number of hydrogen-bond donors (Lipinski definition) is 0. The van der Waals surface area contributed by atoms with E-state index in [0.717, 1.165) is 33.6 Å². The third kappa shape index (κ3) is 13.2. The van der Waals surface area contributed by atoms with Gasteiger partial charge in [0.05, 0.1) is 47.8 Å². The highest BCUT2D eigenvalue weighted by Crippen LogP contribution is 2.36. The maximum atomic E-state index is 9.49. The van der Waals surface area contributed by atoms with Crippen LogP contribution in [0.3, 0.4) is 0 Å². The van der Waals surface area contributed by atoms with Gasteiger partial charge in [-0.1, -0.05) is 96.5 Å². The molecule has 0 N–H and O–H groups in total. The van der Waals surface area contributed by atoms with Gasteiger partial charge in [-0.3, -0.25) is 0 Å². The lowest BCUT2D eigenvalue weighted by molar-refractivity contribution is 0.413. The van der Waals surface area contributed by atoms with Crippen LogP contribution in [0, 0.1) is 34.0 Å². The van der Waals surface area contributed by atoms with Crippen LogP contribution in [0.25, 0.3) is 11.1 Å². The maximum absolute atomic E-state index is 9.49. The van der Waals surface area contributed by atoms with Crippen molar-refractivity contribution in [3.05, 3.63) is 252 Å². The van der Waals surface area contributed by atoms with Gasteiger partial charge in [0, 0.05) is 68.4 Å². The smallest absolute Gasteiger partial charge is 0.146 e. The Bertz CT molecular complexity index is 3460. The highest BCUT2D eigenvalue weighted by atomic mass is 35.5. The van der Waals surface area contributed by atoms with E-state index in [2.05, 4.69) is 33.2 Å². The van der Waals surface area contributed by atoms with E-state index in [0.29, 0.717) is 75.8 Å². The van der Waals surface area contributed by atoms with Crippen molar-refractivity contribution in [3.8, 4) is 69.6 Å². The summed E-state index contributed by atoms with van der Waals surface area (Å²) in [7, 11) is 1.57. The topological polar surface area (TPSA) is 162 Å². The minimum absolute atomic E-state index is 0.415. The Balaban J connectivity index is 0.000000146. The van der Waals surface area contributed by atoms with Crippen molar-refractivity contribution >= 4 is 11.6 Å². The van der Waals surface area contributed by atoms with Gasteiger partial charge in [0.1, 0.15) is 58.5 Å². The van der Waals surface area contributed by atoms with Gasteiger partial charge in [0.25, 0.3) is 0 Å². The van der Waals surface area contributed by atoms with Gasteiger partial charge in [0.15, 0.2) is 0 Å². The second kappa shape index (κ2) is 24.4. The zero-order valence-corrected chi connectivity index (χ0v) is 39.6. The fourth-order valence-electron chi connectivity index (χ4n) is 7.25. The number of nitrogens with zero attached hydrogens (tertiary/aromatic N) is 9. The summed E-state index contributed by atoms with van der Waals surface area (Å²) in [6, 6.07) is 55.7. The van der Waals surface area contributed by atoms with E-state index in [1.54, 1.807) is 81.1 Å². The monoisotopic (exact) mass is 965 g/mol. The zero-order valence-electron chi connectivity index (χ0n) is 38.9. The minimum Gasteiger partial charge on any atom is -0.497 e. The fourth-order valence-corrected chi connectivity index (χ4v) is 7.46. The molecule has 10 rings (SSSR count).